The second kappa shape index (κ2) is 5.69. The van der Waals surface area contributed by atoms with Crippen molar-refractivity contribution in [1.29, 1.82) is 0 Å². The molecule has 0 spiro atoms. The van der Waals surface area contributed by atoms with Gasteiger partial charge < -0.3 is 15.0 Å². The van der Waals surface area contributed by atoms with Gasteiger partial charge in [-0.05, 0) is 45.9 Å². The molecule has 5 nitrogen and oxygen atoms in total. The molecule has 1 amide bonds. The van der Waals surface area contributed by atoms with Gasteiger partial charge in [-0.2, -0.15) is 0 Å². The van der Waals surface area contributed by atoms with Gasteiger partial charge in [-0.15, -0.1) is 0 Å². The molecular weight excluding hydrogens is 266 g/mol. The van der Waals surface area contributed by atoms with E-state index in [-0.39, 0.29) is 12.5 Å². The Morgan fingerprint density at radius 3 is 2.67 bits per heavy atom. The highest BCUT2D eigenvalue weighted by molar-refractivity contribution is 5.96. The minimum atomic E-state index is -0.648. The van der Waals surface area contributed by atoms with Crippen LogP contribution < -0.4 is 5.32 Å². The van der Waals surface area contributed by atoms with Crippen LogP contribution in [0.4, 0.5) is 0 Å². The molecule has 2 rings (SSSR count). The Bertz CT molecular complexity index is 645. The molecular formula is C16H21N3O2. The molecule has 0 atom stereocenters. The molecule has 21 heavy (non-hydrogen) atoms. The minimum Gasteiger partial charge on any atom is -0.394 e. The summed E-state index contributed by atoms with van der Waals surface area (Å²) in [6.45, 7) is 7.28. The van der Waals surface area contributed by atoms with Crippen LogP contribution in [0.3, 0.4) is 0 Å². The normalized spacial score (nSPS) is 11.5. The molecule has 0 bridgehead atoms. The minimum absolute atomic E-state index is 0.113. The van der Waals surface area contributed by atoms with Crippen LogP contribution in [0.1, 0.15) is 35.6 Å². The Kier molecular flexibility index (Phi) is 4.14. The van der Waals surface area contributed by atoms with Crippen molar-refractivity contribution in [2.24, 2.45) is 0 Å². The number of rotatable bonds is 4. The van der Waals surface area contributed by atoms with Crippen LogP contribution in [0.5, 0.6) is 0 Å². The second-order valence-electron chi connectivity index (χ2n) is 5.80. The molecule has 0 saturated carbocycles. The summed E-state index contributed by atoms with van der Waals surface area (Å²) in [5.74, 6) is 0.595. The van der Waals surface area contributed by atoms with Gasteiger partial charge in [0.05, 0.1) is 17.7 Å². The van der Waals surface area contributed by atoms with Gasteiger partial charge >= 0.3 is 0 Å². The van der Waals surface area contributed by atoms with Gasteiger partial charge in [0.1, 0.15) is 5.82 Å². The van der Waals surface area contributed by atoms with E-state index in [0.717, 1.165) is 17.2 Å². The largest absolute Gasteiger partial charge is 0.394 e. The van der Waals surface area contributed by atoms with Gasteiger partial charge in [-0.3, -0.25) is 4.79 Å². The number of pyridine rings is 1. The molecule has 5 heteroatoms. The summed E-state index contributed by atoms with van der Waals surface area (Å²) >= 11 is 0. The monoisotopic (exact) mass is 287 g/mol. The lowest BCUT2D eigenvalue weighted by atomic mass is 10.1. The fourth-order valence-electron chi connectivity index (χ4n) is 2.25. The molecule has 2 N–H and O–H groups in total. The second-order valence-corrected chi connectivity index (χ2v) is 5.80. The Labute approximate surface area is 124 Å². The lowest BCUT2D eigenvalue weighted by molar-refractivity contribution is 0.0868. The average Bonchev–Trinajstić information content (AvgIpc) is 2.74. The molecule has 0 aliphatic rings. The summed E-state index contributed by atoms with van der Waals surface area (Å²) in [5.41, 5.74) is 1.72. The van der Waals surface area contributed by atoms with Crippen molar-refractivity contribution in [2.75, 3.05) is 6.61 Å². The van der Waals surface area contributed by atoms with E-state index in [1.165, 1.54) is 0 Å². The molecule has 112 valence electrons. The molecule has 2 aromatic rings. The van der Waals surface area contributed by atoms with Crippen LogP contribution >= 0.6 is 0 Å². The van der Waals surface area contributed by atoms with Crippen molar-refractivity contribution in [1.82, 2.24) is 14.9 Å². The summed E-state index contributed by atoms with van der Waals surface area (Å²) in [4.78, 5) is 16.7. The van der Waals surface area contributed by atoms with Gasteiger partial charge in [0.15, 0.2) is 0 Å². The maximum absolute atomic E-state index is 12.4. The first kappa shape index (κ1) is 15.3. The SMILES string of the molecule is Cc1cc(C(=O)NC(C)(C)CO)c(C)n1-c1ccccn1. The van der Waals surface area contributed by atoms with Crippen molar-refractivity contribution < 1.29 is 9.90 Å². The smallest absolute Gasteiger partial charge is 0.253 e. The average molecular weight is 287 g/mol. The summed E-state index contributed by atoms with van der Waals surface area (Å²) in [5, 5.41) is 12.1. The van der Waals surface area contributed by atoms with E-state index in [4.69, 9.17) is 0 Å². The highest BCUT2D eigenvalue weighted by Gasteiger charge is 2.23. The maximum atomic E-state index is 12.4. The van der Waals surface area contributed by atoms with Crippen molar-refractivity contribution in [2.45, 2.75) is 33.2 Å². The molecule has 0 aromatic carbocycles. The molecule has 0 radical (unpaired) electrons. The van der Waals surface area contributed by atoms with E-state index in [9.17, 15) is 9.90 Å². The third-order valence-corrected chi connectivity index (χ3v) is 3.40. The molecule has 0 saturated heterocycles. The van der Waals surface area contributed by atoms with E-state index < -0.39 is 5.54 Å². The fraction of sp³-hybridized carbons (Fsp3) is 0.375. The molecule has 0 unspecified atom stereocenters. The van der Waals surface area contributed by atoms with Crippen molar-refractivity contribution in [3.63, 3.8) is 0 Å². The van der Waals surface area contributed by atoms with Crippen LogP contribution in [-0.4, -0.2) is 32.7 Å². The van der Waals surface area contributed by atoms with Gasteiger partial charge in [-0.25, -0.2) is 4.98 Å². The summed E-state index contributed by atoms with van der Waals surface area (Å²) in [6, 6.07) is 7.51. The number of aliphatic hydroxyl groups is 1. The number of nitrogens with one attached hydrogen (secondary N) is 1. The maximum Gasteiger partial charge on any atom is 0.253 e. The van der Waals surface area contributed by atoms with Crippen LogP contribution in [-0.2, 0) is 0 Å². The van der Waals surface area contributed by atoms with Crippen LogP contribution in [0.25, 0.3) is 5.82 Å². The lowest BCUT2D eigenvalue weighted by Gasteiger charge is -2.23. The van der Waals surface area contributed by atoms with Crippen molar-refractivity contribution in [3.05, 3.63) is 47.4 Å². The van der Waals surface area contributed by atoms with E-state index in [2.05, 4.69) is 10.3 Å². The Balaban J connectivity index is 2.38. The first-order valence-corrected chi connectivity index (χ1v) is 6.89. The summed E-state index contributed by atoms with van der Waals surface area (Å²) in [7, 11) is 0. The number of carbonyl (C=O) groups is 1. The van der Waals surface area contributed by atoms with Crippen LogP contribution in [0, 0.1) is 13.8 Å². The zero-order chi connectivity index (χ0) is 15.6. The highest BCUT2D eigenvalue weighted by Crippen LogP contribution is 2.20. The Hall–Kier alpha value is -2.14. The van der Waals surface area contributed by atoms with E-state index >= 15 is 0 Å². The van der Waals surface area contributed by atoms with Crippen molar-refractivity contribution >= 4 is 5.91 Å². The van der Waals surface area contributed by atoms with Crippen molar-refractivity contribution in [3.8, 4) is 5.82 Å². The summed E-state index contributed by atoms with van der Waals surface area (Å²) in [6.07, 6.45) is 1.73. The Morgan fingerprint density at radius 2 is 2.10 bits per heavy atom. The highest BCUT2D eigenvalue weighted by atomic mass is 16.3. The van der Waals surface area contributed by atoms with Gasteiger partial charge in [0.2, 0.25) is 0 Å². The number of aryl methyl sites for hydroxylation is 1. The number of nitrogens with zero attached hydrogens (tertiary/aromatic N) is 2. The number of amides is 1. The Morgan fingerprint density at radius 1 is 1.38 bits per heavy atom. The molecule has 2 aromatic heterocycles. The zero-order valence-electron chi connectivity index (χ0n) is 12.8. The van der Waals surface area contributed by atoms with Gasteiger partial charge in [0, 0.05) is 17.6 Å². The molecule has 2 heterocycles. The quantitative estimate of drug-likeness (QED) is 0.903. The number of carbonyl (C=O) groups excluding carboxylic acids is 1. The van der Waals surface area contributed by atoms with Gasteiger partial charge in [-0.1, -0.05) is 6.07 Å². The molecule has 0 aliphatic carbocycles. The first-order valence-electron chi connectivity index (χ1n) is 6.89. The van der Waals surface area contributed by atoms with E-state index in [0.29, 0.717) is 5.56 Å². The van der Waals surface area contributed by atoms with Crippen LogP contribution in [0.2, 0.25) is 0 Å². The third kappa shape index (κ3) is 3.13. The van der Waals surface area contributed by atoms with Crippen LogP contribution in [0.15, 0.2) is 30.5 Å². The third-order valence-electron chi connectivity index (χ3n) is 3.40. The predicted octanol–water partition coefficient (Wildman–Crippen LogP) is 1.99. The standard InChI is InChI=1S/C16H21N3O2/c1-11-9-13(15(21)18-16(3,4)10-20)12(2)19(11)14-7-5-6-8-17-14/h5-9,20H,10H2,1-4H3,(H,18,21). The molecule has 0 fully saturated rings. The van der Waals surface area contributed by atoms with Gasteiger partial charge in [0.25, 0.3) is 5.91 Å². The molecule has 0 aliphatic heterocycles. The topological polar surface area (TPSA) is 67.2 Å². The van der Waals surface area contributed by atoms with E-state index in [1.807, 2.05) is 42.7 Å². The number of aliphatic hydroxyl groups excluding tert-OH is 1. The fourth-order valence-corrected chi connectivity index (χ4v) is 2.25. The number of hydrogen-bond acceptors (Lipinski definition) is 3. The zero-order valence-corrected chi connectivity index (χ0v) is 12.8. The van der Waals surface area contributed by atoms with E-state index in [1.54, 1.807) is 20.0 Å². The number of hydrogen-bond donors (Lipinski definition) is 2. The number of aromatic nitrogens is 2. The predicted molar refractivity (Wildman–Crippen MR) is 81.7 cm³/mol. The lowest BCUT2D eigenvalue weighted by Crippen LogP contribution is -2.46. The summed E-state index contributed by atoms with van der Waals surface area (Å²) < 4.78 is 1.95. The first-order chi connectivity index (χ1) is 9.85.